The first-order valence-corrected chi connectivity index (χ1v) is 8.72. The van der Waals surface area contributed by atoms with Crippen LogP contribution in [0.3, 0.4) is 0 Å². The van der Waals surface area contributed by atoms with Gasteiger partial charge in [0.25, 0.3) is 0 Å². The second kappa shape index (κ2) is 7.59. The lowest BCUT2D eigenvalue weighted by Gasteiger charge is -2.08. The Balaban J connectivity index is 1.58. The zero-order valence-electron chi connectivity index (χ0n) is 13.1. The van der Waals surface area contributed by atoms with Crippen LogP contribution in [-0.4, -0.2) is 28.9 Å². The van der Waals surface area contributed by atoms with Gasteiger partial charge in [0.1, 0.15) is 29.3 Å². The fourth-order valence-electron chi connectivity index (χ4n) is 2.24. The molecule has 124 valence electrons. The fraction of sp³-hybridized carbons (Fsp3) is 0.235. The summed E-state index contributed by atoms with van der Waals surface area (Å²) in [5.41, 5.74) is 1.17. The number of nitrogens with one attached hydrogen (secondary N) is 1. The number of Topliss-reactive ketones (excluding diaryl/α,β-unsaturated/α-hetero) is 1. The number of hydrogen-bond acceptors (Lipinski definition) is 6. The van der Waals surface area contributed by atoms with E-state index in [0.717, 1.165) is 29.0 Å². The molecule has 2 heterocycles. The molecular weight excluding hydrogens is 346 g/mol. The van der Waals surface area contributed by atoms with Gasteiger partial charge in [-0.15, -0.1) is 11.3 Å². The van der Waals surface area contributed by atoms with Crippen molar-refractivity contribution in [3.63, 3.8) is 0 Å². The number of ketones is 1. The summed E-state index contributed by atoms with van der Waals surface area (Å²) in [6.07, 6.45) is 2.37. The van der Waals surface area contributed by atoms with Crippen LogP contribution in [0.5, 0.6) is 5.75 Å². The Hall–Kier alpha value is -2.18. The highest BCUT2D eigenvalue weighted by Gasteiger charge is 2.09. The van der Waals surface area contributed by atoms with Crippen LogP contribution >= 0.6 is 22.9 Å². The molecule has 0 radical (unpaired) electrons. The third-order valence-corrected chi connectivity index (χ3v) is 4.71. The van der Waals surface area contributed by atoms with E-state index in [-0.39, 0.29) is 12.4 Å². The maximum atomic E-state index is 10.9. The lowest BCUT2D eigenvalue weighted by atomic mass is 10.1. The minimum absolute atomic E-state index is 0.00605. The number of hydrogen-bond donors (Lipinski definition) is 1. The third-order valence-electron chi connectivity index (χ3n) is 3.40. The molecule has 0 aliphatic rings. The number of fused-ring (bicyclic) bond motifs is 1. The Bertz CT molecular complexity index is 849. The van der Waals surface area contributed by atoms with Crippen molar-refractivity contribution >= 4 is 44.8 Å². The Labute approximate surface area is 148 Å². The first-order valence-electron chi connectivity index (χ1n) is 7.46. The van der Waals surface area contributed by atoms with Gasteiger partial charge in [-0.05, 0) is 31.0 Å². The number of aromatic nitrogens is 2. The van der Waals surface area contributed by atoms with Gasteiger partial charge < -0.3 is 10.1 Å². The van der Waals surface area contributed by atoms with E-state index in [1.807, 2.05) is 29.6 Å². The first kappa shape index (κ1) is 16.7. The molecule has 0 saturated heterocycles. The molecular formula is C17H16ClN3O2S. The van der Waals surface area contributed by atoms with E-state index in [0.29, 0.717) is 10.8 Å². The predicted molar refractivity (Wildman–Crippen MR) is 97.2 cm³/mol. The van der Waals surface area contributed by atoms with E-state index in [1.165, 1.54) is 23.8 Å². The molecule has 3 rings (SSSR count). The van der Waals surface area contributed by atoms with Gasteiger partial charge in [0.05, 0.1) is 10.4 Å². The van der Waals surface area contributed by atoms with Gasteiger partial charge in [-0.1, -0.05) is 23.7 Å². The van der Waals surface area contributed by atoms with E-state index in [1.54, 1.807) is 6.33 Å². The Morgan fingerprint density at radius 2 is 2.08 bits per heavy atom. The van der Waals surface area contributed by atoms with Crippen LogP contribution in [0.25, 0.3) is 10.2 Å². The van der Waals surface area contributed by atoms with Crippen LogP contribution in [0.1, 0.15) is 12.5 Å². The van der Waals surface area contributed by atoms with E-state index < -0.39 is 0 Å². The van der Waals surface area contributed by atoms with Gasteiger partial charge in [0, 0.05) is 11.9 Å². The zero-order valence-corrected chi connectivity index (χ0v) is 14.7. The summed E-state index contributed by atoms with van der Waals surface area (Å²) in [5, 5.41) is 6.72. The van der Waals surface area contributed by atoms with Crippen LogP contribution in [-0.2, 0) is 11.2 Å². The summed E-state index contributed by atoms with van der Waals surface area (Å²) in [6.45, 7) is 2.34. The molecule has 0 aliphatic carbocycles. The summed E-state index contributed by atoms with van der Waals surface area (Å²) < 4.78 is 5.35. The molecule has 24 heavy (non-hydrogen) atoms. The van der Waals surface area contributed by atoms with Gasteiger partial charge in [0.2, 0.25) is 0 Å². The summed E-state index contributed by atoms with van der Waals surface area (Å²) in [6, 6.07) is 7.72. The number of thiophene rings is 1. The summed E-state index contributed by atoms with van der Waals surface area (Å²) >= 11 is 7.70. The molecule has 7 heteroatoms. The van der Waals surface area contributed by atoms with Crippen molar-refractivity contribution in [3.05, 3.63) is 46.6 Å². The monoisotopic (exact) mass is 361 g/mol. The number of anilines is 1. The largest absolute Gasteiger partial charge is 0.486 e. The highest BCUT2D eigenvalue weighted by atomic mass is 35.5. The van der Waals surface area contributed by atoms with Crippen molar-refractivity contribution in [2.75, 3.05) is 18.5 Å². The molecule has 5 nitrogen and oxygen atoms in total. The summed E-state index contributed by atoms with van der Waals surface area (Å²) in [7, 11) is 0. The van der Waals surface area contributed by atoms with Crippen LogP contribution < -0.4 is 10.1 Å². The molecule has 0 fully saturated rings. The van der Waals surface area contributed by atoms with Crippen molar-refractivity contribution in [2.45, 2.75) is 13.3 Å². The minimum atomic E-state index is 0.00605. The number of benzene rings is 1. The van der Waals surface area contributed by atoms with Crippen LogP contribution in [0.15, 0.2) is 36.0 Å². The molecule has 1 N–H and O–H groups in total. The average molecular weight is 362 g/mol. The topological polar surface area (TPSA) is 64.1 Å². The van der Waals surface area contributed by atoms with Crippen LogP contribution in [0, 0.1) is 0 Å². The fourth-order valence-corrected chi connectivity index (χ4v) is 3.37. The standard InChI is InChI=1S/C17H16ClN3O2S/c1-11(22)8-23-13-4-2-12(3-5-13)6-7-19-16-15-14(18)9-24-17(15)21-10-20-16/h2-5,9-10H,6-8H2,1H3,(H,19,20,21). The third kappa shape index (κ3) is 4.01. The number of carbonyl (C=O) groups is 1. The Kier molecular flexibility index (Phi) is 5.27. The zero-order chi connectivity index (χ0) is 16.9. The van der Waals surface area contributed by atoms with E-state index in [9.17, 15) is 4.79 Å². The van der Waals surface area contributed by atoms with Gasteiger partial charge in [-0.3, -0.25) is 4.79 Å². The molecule has 0 saturated carbocycles. The molecule has 0 unspecified atom stereocenters. The molecule has 2 aromatic heterocycles. The smallest absolute Gasteiger partial charge is 0.167 e. The quantitative estimate of drug-likeness (QED) is 0.689. The number of halogens is 1. The SMILES string of the molecule is CC(=O)COc1ccc(CCNc2ncnc3scc(Cl)c23)cc1. The summed E-state index contributed by atoms with van der Waals surface area (Å²) in [5.74, 6) is 1.46. The minimum Gasteiger partial charge on any atom is -0.486 e. The van der Waals surface area contributed by atoms with Crippen molar-refractivity contribution in [1.82, 2.24) is 9.97 Å². The second-order valence-corrected chi connectivity index (χ2v) is 6.56. The number of rotatable bonds is 7. The second-order valence-electron chi connectivity index (χ2n) is 5.30. The molecule has 0 atom stereocenters. The Morgan fingerprint density at radius 3 is 2.83 bits per heavy atom. The molecule has 0 spiro atoms. The van der Waals surface area contributed by atoms with Gasteiger partial charge in [-0.2, -0.15) is 0 Å². The van der Waals surface area contributed by atoms with Crippen molar-refractivity contribution < 1.29 is 9.53 Å². The van der Waals surface area contributed by atoms with Crippen LogP contribution in [0.2, 0.25) is 5.02 Å². The number of nitrogens with zero attached hydrogens (tertiary/aromatic N) is 2. The van der Waals surface area contributed by atoms with Crippen molar-refractivity contribution in [3.8, 4) is 5.75 Å². The van der Waals surface area contributed by atoms with E-state index in [4.69, 9.17) is 16.3 Å². The van der Waals surface area contributed by atoms with Gasteiger partial charge in [-0.25, -0.2) is 9.97 Å². The maximum absolute atomic E-state index is 10.9. The highest BCUT2D eigenvalue weighted by molar-refractivity contribution is 7.17. The van der Waals surface area contributed by atoms with Crippen LogP contribution in [0.4, 0.5) is 5.82 Å². The highest BCUT2D eigenvalue weighted by Crippen LogP contribution is 2.32. The molecule has 1 aromatic carbocycles. The lowest BCUT2D eigenvalue weighted by Crippen LogP contribution is -2.08. The number of ether oxygens (including phenoxy) is 1. The molecule has 3 aromatic rings. The van der Waals surface area contributed by atoms with Crippen molar-refractivity contribution in [2.24, 2.45) is 0 Å². The van der Waals surface area contributed by atoms with Gasteiger partial charge >= 0.3 is 0 Å². The predicted octanol–water partition coefficient (Wildman–Crippen LogP) is 3.97. The van der Waals surface area contributed by atoms with Gasteiger partial charge in [0.15, 0.2) is 5.78 Å². The summed E-state index contributed by atoms with van der Waals surface area (Å²) in [4.78, 5) is 20.3. The Morgan fingerprint density at radius 1 is 1.29 bits per heavy atom. The van der Waals surface area contributed by atoms with E-state index in [2.05, 4.69) is 15.3 Å². The molecule has 0 amide bonds. The van der Waals surface area contributed by atoms with Crippen molar-refractivity contribution in [1.29, 1.82) is 0 Å². The van der Waals surface area contributed by atoms with E-state index >= 15 is 0 Å². The average Bonchev–Trinajstić information content (AvgIpc) is 2.96. The molecule has 0 aliphatic heterocycles. The normalized spacial score (nSPS) is 10.8. The number of carbonyl (C=O) groups excluding carboxylic acids is 1. The first-order chi connectivity index (χ1) is 11.6. The lowest BCUT2D eigenvalue weighted by molar-refractivity contribution is -0.118. The maximum Gasteiger partial charge on any atom is 0.167 e. The molecule has 0 bridgehead atoms.